The standard InChI is InChI=1S/C10H9ClN4O3/c1-6(16)18-5-10(17)13-8-4-15-9(12-8)3-2-7(11)14-15/h2-4H,5H2,1H3,(H,13,17). The molecule has 2 aromatic rings. The second-order valence-electron chi connectivity index (χ2n) is 3.41. The van der Waals surface area contributed by atoms with Crippen LogP contribution in [0.2, 0.25) is 5.15 Å². The summed E-state index contributed by atoms with van der Waals surface area (Å²) in [6.45, 7) is 0.876. The van der Waals surface area contributed by atoms with Crippen molar-refractivity contribution in [3.63, 3.8) is 0 Å². The maximum atomic E-state index is 11.4. The Bertz CT molecular complexity index is 610. The summed E-state index contributed by atoms with van der Waals surface area (Å²) < 4.78 is 5.98. The number of nitrogens with zero attached hydrogens (tertiary/aromatic N) is 3. The Hall–Kier alpha value is -2.15. The first-order valence-electron chi connectivity index (χ1n) is 5.00. The van der Waals surface area contributed by atoms with Gasteiger partial charge in [0.15, 0.2) is 18.1 Å². The average Bonchev–Trinajstić information content (AvgIpc) is 2.67. The molecule has 0 saturated carbocycles. The molecule has 94 valence electrons. The summed E-state index contributed by atoms with van der Waals surface area (Å²) in [6, 6.07) is 3.26. The first kappa shape index (κ1) is 12.3. The maximum Gasteiger partial charge on any atom is 0.303 e. The molecule has 0 spiro atoms. The van der Waals surface area contributed by atoms with E-state index in [2.05, 4.69) is 20.1 Å². The summed E-state index contributed by atoms with van der Waals surface area (Å²) in [4.78, 5) is 26.0. The van der Waals surface area contributed by atoms with E-state index in [1.54, 1.807) is 12.1 Å². The highest BCUT2D eigenvalue weighted by molar-refractivity contribution is 6.29. The third kappa shape index (κ3) is 2.95. The number of nitrogens with one attached hydrogen (secondary N) is 1. The fraction of sp³-hybridized carbons (Fsp3) is 0.200. The Morgan fingerprint density at radius 1 is 1.50 bits per heavy atom. The fourth-order valence-electron chi connectivity index (χ4n) is 1.27. The number of carbonyl (C=O) groups excluding carboxylic acids is 2. The van der Waals surface area contributed by atoms with E-state index in [1.165, 1.54) is 17.6 Å². The number of esters is 1. The van der Waals surface area contributed by atoms with Crippen LogP contribution in [-0.4, -0.2) is 33.1 Å². The van der Waals surface area contributed by atoms with E-state index < -0.39 is 11.9 Å². The quantitative estimate of drug-likeness (QED) is 0.836. The van der Waals surface area contributed by atoms with Crippen LogP contribution in [0, 0.1) is 0 Å². The third-order valence-corrected chi connectivity index (χ3v) is 2.16. The van der Waals surface area contributed by atoms with Crippen LogP contribution in [0.25, 0.3) is 5.65 Å². The van der Waals surface area contributed by atoms with Gasteiger partial charge in [-0.3, -0.25) is 9.59 Å². The number of hydrogen-bond donors (Lipinski definition) is 1. The van der Waals surface area contributed by atoms with Gasteiger partial charge in [0, 0.05) is 6.92 Å². The highest BCUT2D eigenvalue weighted by Crippen LogP contribution is 2.11. The number of aromatic nitrogens is 3. The topological polar surface area (TPSA) is 85.6 Å². The van der Waals surface area contributed by atoms with Crippen LogP contribution in [0.1, 0.15) is 6.92 Å². The molecule has 0 radical (unpaired) electrons. The predicted octanol–water partition coefficient (Wildman–Crippen LogP) is 0.884. The normalized spacial score (nSPS) is 10.3. The highest BCUT2D eigenvalue weighted by Gasteiger charge is 2.08. The molecule has 2 heterocycles. The molecule has 2 aromatic heterocycles. The van der Waals surface area contributed by atoms with Crippen molar-refractivity contribution >= 4 is 34.9 Å². The Morgan fingerprint density at radius 3 is 3.00 bits per heavy atom. The summed E-state index contributed by atoms with van der Waals surface area (Å²) in [7, 11) is 0. The molecule has 8 heteroatoms. The Morgan fingerprint density at radius 2 is 2.28 bits per heavy atom. The Labute approximate surface area is 107 Å². The molecule has 18 heavy (non-hydrogen) atoms. The SMILES string of the molecule is CC(=O)OCC(=O)Nc1cn2nc(Cl)ccc2n1. The van der Waals surface area contributed by atoms with Crippen molar-refractivity contribution in [3.8, 4) is 0 Å². The van der Waals surface area contributed by atoms with Gasteiger partial charge in [-0.25, -0.2) is 9.50 Å². The van der Waals surface area contributed by atoms with Gasteiger partial charge in [0.1, 0.15) is 5.15 Å². The maximum absolute atomic E-state index is 11.4. The number of imidazole rings is 1. The van der Waals surface area contributed by atoms with Gasteiger partial charge in [-0.15, -0.1) is 0 Å². The lowest BCUT2D eigenvalue weighted by atomic mass is 10.6. The second kappa shape index (κ2) is 5.01. The van der Waals surface area contributed by atoms with Gasteiger partial charge in [-0.2, -0.15) is 5.10 Å². The van der Waals surface area contributed by atoms with E-state index in [1.807, 2.05) is 0 Å². The Balaban J connectivity index is 2.07. The van der Waals surface area contributed by atoms with Crippen molar-refractivity contribution in [2.45, 2.75) is 6.92 Å². The lowest BCUT2D eigenvalue weighted by molar-refractivity contribution is -0.144. The number of fused-ring (bicyclic) bond motifs is 1. The molecule has 0 aromatic carbocycles. The zero-order valence-corrected chi connectivity index (χ0v) is 10.1. The predicted molar refractivity (Wildman–Crippen MR) is 63.3 cm³/mol. The zero-order chi connectivity index (χ0) is 13.1. The van der Waals surface area contributed by atoms with Crippen molar-refractivity contribution in [1.29, 1.82) is 0 Å². The fourth-order valence-corrected chi connectivity index (χ4v) is 1.41. The van der Waals surface area contributed by atoms with Gasteiger partial charge in [0.05, 0.1) is 6.20 Å². The van der Waals surface area contributed by atoms with Crippen molar-refractivity contribution in [3.05, 3.63) is 23.5 Å². The molecule has 0 aliphatic heterocycles. The van der Waals surface area contributed by atoms with Crippen molar-refractivity contribution in [1.82, 2.24) is 14.6 Å². The number of hydrogen-bond acceptors (Lipinski definition) is 5. The molecule has 1 N–H and O–H groups in total. The number of rotatable bonds is 3. The summed E-state index contributed by atoms with van der Waals surface area (Å²) in [5.41, 5.74) is 0.544. The molecule has 1 amide bonds. The van der Waals surface area contributed by atoms with Gasteiger partial charge >= 0.3 is 5.97 Å². The van der Waals surface area contributed by atoms with Crippen molar-refractivity contribution in [2.75, 3.05) is 11.9 Å². The first-order valence-corrected chi connectivity index (χ1v) is 5.37. The third-order valence-electron chi connectivity index (χ3n) is 1.96. The monoisotopic (exact) mass is 268 g/mol. The number of halogens is 1. The molecule has 0 bridgehead atoms. The van der Waals surface area contributed by atoms with Gasteiger partial charge in [-0.1, -0.05) is 11.6 Å². The minimum absolute atomic E-state index is 0.307. The van der Waals surface area contributed by atoms with Gasteiger partial charge < -0.3 is 10.1 Å². The van der Waals surface area contributed by atoms with Crippen molar-refractivity contribution in [2.24, 2.45) is 0 Å². The van der Waals surface area contributed by atoms with E-state index >= 15 is 0 Å². The molecule has 0 atom stereocenters. The van der Waals surface area contributed by atoms with Crippen LogP contribution in [0.3, 0.4) is 0 Å². The van der Waals surface area contributed by atoms with Crippen LogP contribution in [-0.2, 0) is 14.3 Å². The minimum Gasteiger partial charge on any atom is -0.456 e. The highest BCUT2D eigenvalue weighted by atomic mass is 35.5. The molecule has 0 saturated heterocycles. The molecular formula is C10H9ClN4O3. The van der Waals surface area contributed by atoms with Crippen LogP contribution in [0.5, 0.6) is 0 Å². The lowest BCUT2D eigenvalue weighted by Crippen LogP contribution is -2.19. The largest absolute Gasteiger partial charge is 0.456 e. The van der Waals surface area contributed by atoms with Crippen LogP contribution < -0.4 is 5.32 Å². The first-order chi connectivity index (χ1) is 8.54. The molecule has 0 fully saturated rings. The minimum atomic E-state index is -0.520. The van der Waals surface area contributed by atoms with Crippen LogP contribution in [0.15, 0.2) is 18.3 Å². The van der Waals surface area contributed by atoms with Crippen LogP contribution >= 0.6 is 11.6 Å². The molecule has 2 rings (SSSR count). The van der Waals surface area contributed by atoms with E-state index in [-0.39, 0.29) is 6.61 Å². The van der Waals surface area contributed by atoms with E-state index in [9.17, 15) is 9.59 Å². The van der Waals surface area contributed by atoms with Crippen molar-refractivity contribution < 1.29 is 14.3 Å². The molecule has 0 aliphatic carbocycles. The summed E-state index contributed by atoms with van der Waals surface area (Å²) >= 11 is 5.71. The zero-order valence-electron chi connectivity index (χ0n) is 9.38. The summed E-state index contributed by atoms with van der Waals surface area (Å²) in [5, 5.41) is 6.75. The van der Waals surface area contributed by atoms with E-state index in [0.29, 0.717) is 16.6 Å². The molecule has 0 unspecified atom stereocenters. The lowest BCUT2D eigenvalue weighted by Gasteiger charge is -2.01. The van der Waals surface area contributed by atoms with E-state index in [0.717, 1.165) is 0 Å². The smallest absolute Gasteiger partial charge is 0.303 e. The molecule has 7 nitrogen and oxygen atoms in total. The number of carbonyl (C=O) groups is 2. The van der Waals surface area contributed by atoms with Gasteiger partial charge in [0.25, 0.3) is 5.91 Å². The van der Waals surface area contributed by atoms with Gasteiger partial charge in [-0.05, 0) is 12.1 Å². The van der Waals surface area contributed by atoms with Crippen LogP contribution in [0.4, 0.5) is 5.82 Å². The summed E-state index contributed by atoms with van der Waals surface area (Å²) in [5.74, 6) is -0.685. The number of amides is 1. The molecular weight excluding hydrogens is 260 g/mol. The average molecular weight is 269 g/mol. The number of ether oxygens (including phenoxy) is 1. The van der Waals surface area contributed by atoms with Gasteiger partial charge in [0.2, 0.25) is 0 Å². The second-order valence-corrected chi connectivity index (χ2v) is 3.80. The Kier molecular flexibility index (Phi) is 3.42. The number of anilines is 1. The summed E-state index contributed by atoms with van der Waals surface area (Å²) in [6.07, 6.45) is 1.51. The molecule has 0 aliphatic rings. The van der Waals surface area contributed by atoms with E-state index in [4.69, 9.17) is 11.6 Å².